The summed E-state index contributed by atoms with van der Waals surface area (Å²) in [5, 5.41) is 10.2. The molecule has 3 aromatic rings. The second-order valence-corrected chi connectivity index (χ2v) is 5.46. The number of aryl methyl sites for hydroxylation is 1. The van der Waals surface area contributed by atoms with Crippen LogP contribution in [0.1, 0.15) is 6.92 Å². The molecule has 1 aromatic heterocycles. The molecule has 1 N–H and O–H groups in total. The fourth-order valence-corrected chi connectivity index (χ4v) is 2.64. The second kappa shape index (κ2) is 6.79. The Morgan fingerprint density at radius 2 is 1.91 bits per heavy atom. The summed E-state index contributed by atoms with van der Waals surface area (Å²) >= 11 is 0. The van der Waals surface area contributed by atoms with Crippen molar-refractivity contribution < 1.29 is 18.8 Å². The Bertz CT molecular complexity index is 783. The average molecular weight is 315 g/mol. The Hall–Kier alpha value is -2.40. The van der Waals surface area contributed by atoms with E-state index in [0.29, 0.717) is 12.3 Å². The molecule has 0 saturated heterocycles. The van der Waals surface area contributed by atoms with Gasteiger partial charge in [0.15, 0.2) is 11.0 Å². The van der Waals surface area contributed by atoms with Crippen LogP contribution in [0.2, 0.25) is 0 Å². The van der Waals surface area contributed by atoms with E-state index in [1.807, 2.05) is 29.1 Å². The number of ether oxygens (including phenoxy) is 1. The van der Waals surface area contributed by atoms with E-state index >= 15 is 0 Å². The number of aliphatic hydroxyl groups excluding tert-OH is 1. The highest BCUT2D eigenvalue weighted by atomic mass is 19.1. The van der Waals surface area contributed by atoms with Crippen LogP contribution in [0.25, 0.3) is 11.0 Å². The zero-order valence-electron chi connectivity index (χ0n) is 13.0. The maximum atomic E-state index is 12.8. The molecular formula is C18H20FN2O2+. The van der Waals surface area contributed by atoms with E-state index in [0.717, 1.165) is 17.6 Å². The van der Waals surface area contributed by atoms with Gasteiger partial charge in [0.25, 0.3) is 0 Å². The van der Waals surface area contributed by atoms with Gasteiger partial charge in [-0.2, -0.15) is 0 Å². The minimum Gasteiger partial charge on any atom is -0.491 e. The van der Waals surface area contributed by atoms with Crippen molar-refractivity contribution in [2.75, 3.05) is 6.61 Å². The summed E-state index contributed by atoms with van der Waals surface area (Å²) in [5.41, 5.74) is 2.22. The van der Waals surface area contributed by atoms with Gasteiger partial charge in [-0.25, -0.2) is 13.5 Å². The lowest BCUT2D eigenvalue weighted by atomic mass is 10.3. The van der Waals surface area contributed by atoms with Gasteiger partial charge < -0.3 is 9.84 Å². The molecule has 0 amide bonds. The number of hydrogen-bond acceptors (Lipinski definition) is 2. The molecular weight excluding hydrogens is 295 g/mol. The van der Waals surface area contributed by atoms with E-state index in [1.54, 1.807) is 12.1 Å². The molecule has 0 bridgehead atoms. The van der Waals surface area contributed by atoms with Crippen LogP contribution in [0.5, 0.6) is 5.75 Å². The molecule has 0 saturated carbocycles. The minimum absolute atomic E-state index is 0.157. The number of aromatic nitrogens is 2. The Morgan fingerprint density at radius 1 is 1.17 bits per heavy atom. The molecule has 0 spiro atoms. The standard InChI is InChI=1S/C18H20FN2O2/c1-2-20-13-21(18-6-4-3-5-17(18)20)11-15(22)12-23-16-9-7-14(19)8-10-16/h3-10,13,15,22H,2,11-12H2,1H3/q+1. The van der Waals surface area contributed by atoms with Crippen molar-refractivity contribution in [3.8, 4) is 5.75 Å². The van der Waals surface area contributed by atoms with Crippen LogP contribution in [-0.4, -0.2) is 22.4 Å². The predicted octanol–water partition coefficient (Wildman–Crippen LogP) is 2.53. The van der Waals surface area contributed by atoms with Crippen LogP contribution in [0, 0.1) is 5.82 Å². The van der Waals surface area contributed by atoms with Crippen molar-refractivity contribution in [2.24, 2.45) is 0 Å². The molecule has 5 heteroatoms. The largest absolute Gasteiger partial charge is 0.491 e. The second-order valence-electron chi connectivity index (χ2n) is 5.46. The molecule has 1 unspecified atom stereocenters. The molecule has 1 heterocycles. The smallest absolute Gasteiger partial charge is 0.244 e. The van der Waals surface area contributed by atoms with Crippen molar-refractivity contribution in [2.45, 2.75) is 26.1 Å². The summed E-state index contributed by atoms with van der Waals surface area (Å²) in [6.45, 7) is 3.56. The van der Waals surface area contributed by atoms with Gasteiger partial charge >= 0.3 is 0 Å². The van der Waals surface area contributed by atoms with Crippen LogP contribution >= 0.6 is 0 Å². The fraction of sp³-hybridized carbons (Fsp3) is 0.278. The number of rotatable bonds is 6. The Kier molecular flexibility index (Phi) is 4.57. The van der Waals surface area contributed by atoms with E-state index in [-0.39, 0.29) is 12.4 Å². The van der Waals surface area contributed by atoms with Crippen LogP contribution in [-0.2, 0) is 13.1 Å². The Balaban J connectivity index is 1.68. The molecule has 0 radical (unpaired) electrons. The highest BCUT2D eigenvalue weighted by Crippen LogP contribution is 2.12. The zero-order chi connectivity index (χ0) is 16.2. The summed E-state index contributed by atoms with van der Waals surface area (Å²) < 4.78 is 22.5. The topological polar surface area (TPSA) is 38.3 Å². The first kappa shape index (κ1) is 15.5. The SMILES string of the molecule is CCn1c[n+](CC(O)COc2ccc(F)cc2)c2ccccc21. The number of aliphatic hydroxyl groups is 1. The molecule has 2 aromatic carbocycles. The predicted molar refractivity (Wildman–Crippen MR) is 85.7 cm³/mol. The van der Waals surface area contributed by atoms with E-state index < -0.39 is 6.10 Å². The third-order valence-electron chi connectivity index (χ3n) is 3.78. The number of para-hydroxylation sites is 2. The van der Waals surface area contributed by atoms with Gasteiger partial charge in [0.05, 0.1) is 6.54 Å². The molecule has 0 aliphatic heterocycles. The van der Waals surface area contributed by atoms with Gasteiger partial charge in [-0.1, -0.05) is 12.1 Å². The molecule has 23 heavy (non-hydrogen) atoms. The summed E-state index contributed by atoms with van der Waals surface area (Å²) in [4.78, 5) is 0. The lowest BCUT2D eigenvalue weighted by Crippen LogP contribution is -2.41. The molecule has 1 atom stereocenters. The summed E-state index contributed by atoms with van der Waals surface area (Å²) in [7, 11) is 0. The minimum atomic E-state index is -0.652. The molecule has 120 valence electrons. The van der Waals surface area contributed by atoms with Crippen LogP contribution < -0.4 is 9.30 Å². The maximum Gasteiger partial charge on any atom is 0.244 e. The number of imidazole rings is 1. The number of halogens is 1. The molecule has 3 rings (SSSR count). The van der Waals surface area contributed by atoms with Crippen molar-refractivity contribution in [1.82, 2.24) is 4.57 Å². The van der Waals surface area contributed by atoms with Gasteiger partial charge in [0, 0.05) is 0 Å². The number of hydrogen-bond donors (Lipinski definition) is 1. The van der Waals surface area contributed by atoms with Crippen molar-refractivity contribution in [3.05, 3.63) is 60.7 Å². The number of fused-ring (bicyclic) bond motifs is 1. The number of benzene rings is 2. The van der Waals surface area contributed by atoms with Crippen LogP contribution in [0.15, 0.2) is 54.9 Å². The third kappa shape index (κ3) is 3.51. The van der Waals surface area contributed by atoms with E-state index in [1.165, 1.54) is 12.1 Å². The monoisotopic (exact) mass is 315 g/mol. The first-order valence-corrected chi connectivity index (χ1v) is 7.71. The van der Waals surface area contributed by atoms with Gasteiger partial charge in [-0.15, -0.1) is 0 Å². The van der Waals surface area contributed by atoms with Gasteiger partial charge in [-0.05, 0) is 43.3 Å². The van der Waals surface area contributed by atoms with Gasteiger partial charge in [0.2, 0.25) is 6.33 Å². The van der Waals surface area contributed by atoms with E-state index in [2.05, 4.69) is 17.6 Å². The fourth-order valence-electron chi connectivity index (χ4n) is 2.64. The lowest BCUT2D eigenvalue weighted by Gasteiger charge is -2.10. The first-order valence-electron chi connectivity index (χ1n) is 7.71. The van der Waals surface area contributed by atoms with Crippen molar-refractivity contribution in [3.63, 3.8) is 0 Å². The van der Waals surface area contributed by atoms with Gasteiger partial charge in [0.1, 0.15) is 30.8 Å². The summed E-state index contributed by atoms with van der Waals surface area (Å²) in [5.74, 6) is 0.243. The summed E-state index contributed by atoms with van der Waals surface area (Å²) in [6.07, 6.45) is 1.35. The quantitative estimate of drug-likeness (QED) is 0.710. The molecule has 0 fully saturated rings. The average Bonchev–Trinajstić information content (AvgIpc) is 2.92. The first-order chi connectivity index (χ1) is 11.2. The molecule has 0 aliphatic rings. The van der Waals surface area contributed by atoms with Crippen LogP contribution in [0.3, 0.4) is 0 Å². The van der Waals surface area contributed by atoms with Crippen molar-refractivity contribution in [1.29, 1.82) is 0 Å². The van der Waals surface area contributed by atoms with Crippen molar-refractivity contribution >= 4 is 11.0 Å². The number of nitrogens with zero attached hydrogens (tertiary/aromatic N) is 2. The summed E-state index contributed by atoms with van der Waals surface area (Å²) in [6, 6.07) is 13.9. The molecule has 0 aliphatic carbocycles. The maximum absolute atomic E-state index is 12.8. The third-order valence-corrected chi connectivity index (χ3v) is 3.78. The normalized spacial score (nSPS) is 12.5. The highest BCUT2D eigenvalue weighted by molar-refractivity contribution is 5.71. The van der Waals surface area contributed by atoms with E-state index in [4.69, 9.17) is 4.74 Å². The van der Waals surface area contributed by atoms with Gasteiger partial charge in [-0.3, -0.25) is 0 Å². The van der Waals surface area contributed by atoms with Crippen LogP contribution in [0.4, 0.5) is 4.39 Å². The zero-order valence-corrected chi connectivity index (χ0v) is 13.0. The Morgan fingerprint density at radius 3 is 2.65 bits per heavy atom. The highest BCUT2D eigenvalue weighted by Gasteiger charge is 2.17. The Labute approximate surface area is 134 Å². The van der Waals surface area contributed by atoms with E-state index in [9.17, 15) is 9.50 Å². The molecule has 4 nitrogen and oxygen atoms in total. The lowest BCUT2D eigenvalue weighted by molar-refractivity contribution is -0.679.